The minimum Gasteiger partial charge on any atom is -0.460 e. The van der Waals surface area contributed by atoms with E-state index in [9.17, 15) is 9.36 Å². The maximum absolute atomic E-state index is 13.7. The Morgan fingerprint density at radius 2 is 1.92 bits per heavy atom. The number of nitrogens with one attached hydrogen (secondary N) is 1. The highest BCUT2D eigenvalue weighted by atomic mass is 31.2. The lowest BCUT2D eigenvalue weighted by Gasteiger charge is -2.22. The zero-order valence-electron chi connectivity index (χ0n) is 22.4. The third kappa shape index (κ3) is 9.83. The third-order valence-electron chi connectivity index (χ3n) is 5.28. The number of nitrogens with zero attached hydrogens (tertiary/aromatic N) is 4. The Morgan fingerprint density at radius 1 is 1.18 bits per heavy atom. The Kier molecular flexibility index (Phi) is 12.8. The van der Waals surface area contributed by atoms with Crippen molar-refractivity contribution in [3.8, 4) is 0 Å². The van der Waals surface area contributed by atoms with Gasteiger partial charge in [0, 0.05) is 0 Å². The summed E-state index contributed by atoms with van der Waals surface area (Å²) < 4.78 is 32.4. The maximum atomic E-state index is 13.7. The second kappa shape index (κ2) is 15.8. The van der Waals surface area contributed by atoms with Crippen LogP contribution in [-0.2, 0) is 29.9 Å². The molecule has 38 heavy (non-hydrogen) atoms. The van der Waals surface area contributed by atoms with E-state index in [1.54, 1.807) is 29.1 Å². The van der Waals surface area contributed by atoms with E-state index in [1.165, 1.54) is 6.33 Å². The van der Waals surface area contributed by atoms with Crippen molar-refractivity contribution in [2.45, 2.75) is 40.3 Å². The van der Waals surface area contributed by atoms with Gasteiger partial charge in [0.15, 0.2) is 11.5 Å². The number of imidazole rings is 1. The molecule has 0 saturated carbocycles. The van der Waals surface area contributed by atoms with Crippen LogP contribution in [0.25, 0.3) is 11.2 Å². The SMILES string of the molecule is C=C/C=C\C(=C/C)CO[P@](=O)(CO[C@H](C)Cn1cnc2c(N)ncnc21)NCC(=O)OCC(/C=C\C)=C/C. The standard InChI is InChI=1S/C26H37N6O5P/c1-6-10-12-22(9-4)16-37-38(34,31-13-23(33)35-15-21(8-3)11-7-2)19-36-20(5)14-32-18-30-24-25(27)28-17-29-26(24)32/h6-12,17-18,20H,1,13-16,19H2,2-5H3,(H,31,34)(H2,27,28,29)/b11-7-,12-10-,21-8+,22-9+/t20-,38-/m1/s1. The molecule has 2 aromatic rings. The molecule has 11 nitrogen and oxygen atoms in total. The van der Waals surface area contributed by atoms with Gasteiger partial charge in [0.25, 0.3) is 7.52 Å². The average Bonchev–Trinajstić information content (AvgIpc) is 3.32. The number of carbonyl (C=O) groups is 1. The van der Waals surface area contributed by atoms with Gasteiger partial charge in [-0.05, 0) is 38.8 Å². The lowest BCUT2D eigenvalue weighted by molar-refractivity contribution is -0.141. The van der Waals surface area contributed by atoms with Crippen LogP contribution in [0.1, 0.15) is 27.7 Å². The number of ether oxygens (including phenoxy) is 2. The van der Waals surface area contributed by atoms with Crippen LogP contribution >= 0.6 is 7.52 Å². The van der Waals surface area contributed by atoms with E-state index >= 15 is 0 Å². The molecule has 0 radical (unpaired) electrons. The van der Waals surface area contributed by atoms with Gasteiger partial charge in [0.2, 0.25) is 0 Å². The van der Waals surface area contributed by atoms with Gasteiger partial charge in [-0.3, -0.25) is 9.36 Å². The summed E-state index contributed by atoms with van der Waals surface area (Å²) in [6, 6.07) is 0. The van der Waals surface area contributed by atoms with E-state index in [0.29, 0.717) is 17.7 Å². The van der Waals surface area contributed by atoms with Crippen LogP contribution in [0.15, 0.2) is 72.9 Å². The van der Waals surface area contributed by atoms with Crippen LogP contribution in [0.5, 0.6) is 0 Å². The monoisotopic (exact) mass is 544 g/mol. The first-order chi connectivity index (χ1) is 18.2. The van der Waals surface area contributed by atoms with Crippen molar-refractivity contribution < 1.29 is 23.4 Å². The highest BCUT2D eigenvalue weighted by Gasteiger charge is 2.26. The van der Waals surface area contributed by atoms with Crippen LogP contribution in [0.3, 0.4) is 0 Å². The summed E-state index contributed by atoms with van der Waals surface area (Å²) in [4.78, 5) is 24.7. The number of aromatic nitrogens is 4. The minimum atomic E-state index is -3.61. The quantitative estimate of drug-likeness (QED) is 0.178. The Labute approximate surface area is 223 Å². The molecule has 0 aliphatic carbocycles. The molecule has 0 saturated heterocycles. The van der Waals surface area contributed by atoms with Gasteiger partial charge in [-0.2, -0.15) is 0 Å². The van der Waals surface area contributed by atoms with Crippen LogP contribution < -0.4 is 10.8 Å². The number of nitrogen functional groups attached to an aromatic ring is 1. The number of hydrogen-bond donors (Lipinski definition) is 2. The molecule has 0 amide bonds. The number of carbonyl (C=O) groups excluding carboxylic acids is 1. The number of hydrogen-bond acceptors (Lipinski definition) is 9. The van der Waals surface area contributed by atoms with Crippen molar-refractivity contribution in [2.75, 3.05) is 31.8 Å². The smallest absolute Gasteiger partial charge is 0.320 e. The summed E-state index contributed by atoms with van der Waals surface area (Å²) >= 11 is 0. The van der Waals surface area contributed by atoms with Crippen LogP contribution in [-0.4, -0.2) is 57.7 Å². The van der Waals surface area contributed by atoms with Crippen LogP contribution in [0, 0.1) is 0 Å². The first-order valence-corrected chi connectivity index (χ1v) is 14.0. The lowest BCUT2D eigenvalue weighted by Crippen LogP contribution is -2.27. The van der Waals surface area contributed by atoms with Gasteiger partial charge in [0.05, 0.1) is 25.6 Å². The van der Waals surface area contributed by atoms with Crippen molar-refractivity contribution in [1.82, 2.24) is 24.6 Å². The first kappa shape index (κ1) is 30.9. The molecule has 0 unspecified atom stereocenters. The second-order valence-electron chi connectivity index (χ2n) is 8.20. The average molecular weight is 545 g/mol. The van der Waals surface area contributed by atoms with Crippen molar-refractivity contribution in [3.63, 3.8) is 0 Å². The third-order valence-corrected chi connectivity index (χ3v) is 6.96. The number of fused-ring (bicyclic) bond motifs is 1. The van der Waals surface area contributed by atoms with Crippen LogP contribution in [0.2, 0.25) is 0 Å². The molecule has 206 valence electrons. The fourth-order valence-corrected chi connectivity index (χ4v) is 4.59. The molecule has 2 atom stereocenters. The van der Waals surface area contributed by atoms with Gasteiger partial charge in [-0.15, -0.1) is 0 Å². The van der Waals surface area contributed by atoms with E-state index in [2.05, 4.69) is 26.6 Å². The molecule has 0 aliphatic heterocycles. The van der Waals surface area contributed by atoms with E-state index in [1.807, 2.05) is 52.0 Å². The molecule has 0 bridgehead atoms. The zero-order chi connectivity index (χ0) is 28.0. The van der Waals surface area contributed by atoms with E-state index in [-0.39, 0.29) is 31.9 Å². The Bertz CT molecular complexity index is 1250. The molecule has 0 aliphatic rings. The largest absolute Gasteiger partial charge is 0.460 e. The predicted molar refractivity (Wildman–Crippen MR) is 149 cm³/mol. The van der Waals surface area contributed by atoms with Crippen molar-refractivity contribution in [1.29, 1.82) is 0 Å². The van der Waals surface area contributed by atoms with Gasteiger partial charge in [-0.25, -0.2) is 20.0 Å². The Hall–Kier alpha value is -3.37. The Balaban J connectivity index is 2.05. The fourth-order valence-electron chi connectivity index (χ4n) is 3.16. The zero-order valence-corrected chi connectivity index (χ0v) is 23.3. The summed E-state index contributed by atoms with van der Waals surface area (Å²) in [5.41, 5.74) is 8.56. The highest BCUT2D eigenvalue weighted by Crippen LogP contribution is 2.43. The number of anilines is 1. The summed E-state index contributed by atoms with van der Waals surface area (Å²) in [7, 11) is -3.61. The molecule has 0 fully saturated rings. The van der Waals surface area contributed by atoms with Crippen molar-refractivity contribution >= 4 is 30.5 Å². The van der Waals surface area contributed by atoms with Crippen molar-refractivity contribution in [2.24, 2.45) is 0 Å². The van der Waals surface area contributed by atoms with Gasteiger partial charge in [-0.1, -0.05) is 49.1 Å². The second-order valence-corrected chi connectivity index (χ2v) is 10.4. The summed E-state index contributed by atoms with van der Waals surface area (Å²) in [5.74, 6) is -0.278. The molecule has 0 spiro atoms. The molecule has 3 N–H and O–H groups in total. The number of rotatable bonds is 16. The minimum absolute atomic E-state index is 0.0459. The summed E-state index contributed by atoms with van der Waals surface area (Å²) in [6.45, 7) is 11.3. The summed E-state index contributed by atoms with van der Waals surface area (Å²) in [6.07, 6.45) is 14.9. The molecular weight excluding hydrogens is 507 g/mol. The number of esters is 1. The Morgan fingerprint density at radius 3 is 2.61 bits per heavy atom. The van der Waals surface area contributed by atoms with E-state index in [0.717, 1.165) is 11.1 Å². The molecule has 2 rings (SSSR count). The molecule has 2 heterocycles. The lowest BCUT2D eigenvalue weighted by atomic mass is 10.2. The topological polar surface area (TPSA) is 143 Å². The molecule has 2 aromatic heterocycles. The van der Waals surface area contributed by atoms with E-state index < -0.39 is 19.6 Å². The highest BCUT2D eigenvalue weighted by molar-refractivity contribution is 7.56. The van der Waals surface area contributed by atoms with Crippen molar-refractivity contribution in [3.05, 3.63) is 72.9 Å². The number of allylic oxidation sites excluding steroid dienone is 5. The molecular formula is C26H37N6O5P. The predicted octanol–water partition coefficient (Wildman–Crippen LogP) is 4.32. The summed E-state index contributed by atoms with van der Waals surface area (Å²) in [5, 5.41) is 2.73. The molecule has 0 aromatic carbocycles. The molecule has 12 heteroatoms. The first-order valence-electron chi connectivity index (χ1n) is 12.1. The fraction of sp³-hybridized carbons (Fsp3) is 0.385. The van der Waals surface area contributed by atoms with Crippen LogP contribution in [0.4, 0.5) is 5.82 Å². The van der Waals surface area contributed by atoms with Gasteiger partial charge < -0.3 is 24.3 Å². The maximum Gasteiger partial charge on any atom is 0.320 e. The van der Waals surface area contributed by atoms with E-state index in [4.69, 9.17) is 19.7 Å². The number of nitrogens with two attached hydrogens (primary N) is 1. The normalized spacial score (nSPS) is 15.3. The van der Waals surface area contributed by atoms with Gasteiger partial charge in [0.1, 0.15) is 31.3 Å². The van der Waals surface area contributed by atoms with Gasteiger partial charge >= 0.3 is 5.97 Å².